The molecule has 0 aliphatic heterocycles. The zero-order chi connectivity index (χ0) is 10.6. The van der Waals surface area contributed by atoms with Gasteiger partial charge in [-0.3, -0.25) is 0 Å². The van der Waals surface area contributed by atoms with Gasteiger partial charge in [-0.15, -0.1) is 0 Å². The van der Waals surface area contributed by atoms with E-state index in [9.17, 15) is 9.18 Å². The SMILES string of the molecule is CON=C(C(=O)O)c1cccc(F)c1. The molecule has 1 N–H and O–H groups in total. The standard InChI is InChI=1S/C9H8FNO3/c1-14-11-8(9(12)13)6-3-2-4-7(10)5-6/h2-5H,1H3,(H,12,13). The van der Waals surface area contributed by atoms with Crippen LogP contribution in [0.2, 0.25) is 0 Å². The Hall–Kier alpha value is -1.91. The Bertz CT molecular complexity index is 376. The number of carboxylic acids is 1. The second kappa shape index (κ2) is 4.36. The third-order valence-corrected chi connectivity index (χ3v) is 1.48. The van der Waals surface area contributed by atoms with Crippen LogP contribution in [0.1, 0.15) is 5.56 Å². The van der Waals surface area contributed by atoms with E-state index in [-0.39, 0.29) is 11.3 Å². The van der Waals surface area contributed by atoms with Gasteiger partial charge in [0.25, 0.3) is 0 Å². The molecule has 74 valence electrons. The predicted molar refractivity (Wildman–Crippen MR) is 47.6 cm³/mol. The van der Waals surface area contributed by atoms with Crippen LogP contribution in [0, 0.1) is 5.82 Å². The second-order valence-corrected chi connectivity index (χ2v) is 2.44. The largest absolute Gasteiger partial charge is 0.476 e. The molecule has 0 aromatic heterocycles. The van der Waals surface area contributed by atoms with Crippen LogP contribution in [0.25, 0.3) is 0 Å². The third-order valence-electron chi connectivity index (χ3n) is 1.48. The van der Waals surface area contributed by atoms with Gasteiger partial charge in [-0.1, -0.05) is 17.3 Å². The summed E-state index contributed by atoms with van der Waals surface area (Å²) in [5, 5.41) is 12.0. The number of oxime groups is 1. The van der Waals surface area contributed by atoms with Crippen LogP contribution in [0.3, 0.4) is 0 Å². The fourth-order valence-electron chi connectivity index (χ4n) is 0.942. The van der Waals surface area contributed by atoms with E-state index in [0.717, 1.165) is 6.07 Å². The van der Waals surface area contributed by atoms with Crippen molar-refractivity contribution in [3.05, 3.63) is 35.6 Å². The molecule has 0 atom stereocenters. The van der Waals surface area contributed by atoms with E-state index >= 15 is 0 Å². The Morgan fingerprint density at radius 1 is 1.57 bits per heavy atom. The van der Waals surface area contributed by atoms with Crippen molar-refractivity contribution < 1.29 is 19.1 Å². The number of nitrogens with zero attached hydrogens (tertiary/aromatic N) is 1. The average molecular weight is 197 g/mol. The lowest BCUT2D eigenvalue weighted by atomic mass is 10.1. The number of hydrogen-bond donors (Lipinski definition) is 1. The van der Waals surface area contributed by atoms with Crippen molar-refractivity contribution in [2.75, 3.05) is 7.11 Å². The molecule has 1 aromatic rings. The Labute approximate surface area is 79.6 Å². The van der Waals surface area contributed by atoms with Gasteiger partial charge in [0.1, 0.15) is 12.9 Å². The molecule has 1 rings (SSSR count). The number of aliphatic carboxylic acids is 1. The van der Waals surface area contributed by atoms with Crippen molar-refractivity contribution in [2.24, 2.45) is 5.16 Å². The summed E-state index contributed by atoms with van der Waals surface area (Å²) in [5.74, 6) is -1.79. The maximum Gasteiger partial charge on any atom is 0.358 e. The lowest BCUT2D eigenvalue weighted by Gasteiger charge is -1.99. The van der Waals surface area contributed by atoms with Crippen LogP contribution in [0.15, 0.2) is 29.4 Å². The summed E-state index contributed by atoms with van der Waals surface area (Å²) in [6.45, 7) is 0. The Balaban J connectivity index is 3.12. The van der Waals surface area contributed by atoms with Crippen LogP contribution in [-0.2, 0) is 9.63 Å². The van der Waals surface area contributed by atoms with Crippen molar-refractivity contribution in [1.29, 1.82) is 0 Å². The molecule has 4 nitrogen and oxygen atoms in total. The molecule has 0 heterocycles. The molecule has 0 unspecified atom stereocenters. The summed E-state index contributed by atoms with van der Waals surface area (Å²) >= 11 is 0. The molecule has 5 heteroatoms. The van der Waals surface area contributed by atoms with Crippen molar-refractivity contribution in [3.63, 3.8) is 0 Å². The highest BCUT2D eigenvalue weighted by atomic mass is 19.1. The Kier molecular flexibility index (Phi) is 3.17. The molecular formula is C9H8FNO3. The van der Waals surface area contributed by atoms with E-state index in [1.807, 2.05) is 0 Å². The van der Waals surface area contributed by atoms with E-state index in [0.29, 0.717) is 0 Å². The van der Waals surface area contributed by atoms with Crippen molar-refractivity contribution in [2.45, 2.75) is 0 Å². The molecular weight excluding hydrogens is 189 g/mol. The maximum atomic E-state index is 12.7. The molecule has 0 fully saturated rings. The van der Waals surface area contributed by atoms with Crippen LogP contribution in [0.4, 0.5) is 4.39 Å². The average Bonchev–Trinajstić information content (AvgIpc) is 2.13. The quantitative estimate of drug-likeness (QED) is 0.586. The van der Waals surface area contributed by atoms with Gasteiger partial charge < -0.3 is 9.94 Å². The van der Waals surface area contributed by atoms with Crippen LogP contribution < -0.4 is 0 Å². The Morgan fingerprint density at radius 3 is 2.79 bits per heavy atom. The topological polar surface area (TPSA) is 58.9 Å². The highest BCUT2D eigenvalue weighted by molar-refractivity contribution is 6.42. The minimum Gasteiger partial charge on any atom is -0.476 e. The van der Waals surface area contributed by atoms with Gasteiger partial charge >= 0.3 is 5.97 Å². The summed E-state index contributed by atoms with van der Waals surface area (Å²) < 4.78 is 12.7. The van der Waals surface area contributed by atoms with Crippen molar-refractivity contribution in [1.82, 2.24) is 0 Å². The molecule has 1 aromatic carbocycles. The molecule has 0 bridgehead atoms. The number of rotatable bonds is 3. The fourth-order valence-corrected chi connectivity index (χ4v) is 0.942. The number of benzene rings is 1. The van der Waals surface area contributed by atoms with Gasteiger partial charge in [0, 0.05) is 5.56 Å². The molecule has 0 radical (unpaired) electrons. The summed E-state index contributed by atoms with van der Waals surface area (Å²) in [4.78, 5) is 15.0. The first-order valence-electron chi connectivity index (χ1n) is 3.75. The first-order valence-corrected chi connectivity index (χ1v) is 3.75. The van der Waals surface area contributed by atoms with Crippen LogP contribution in [-0.4, -0.2) is 23.9 Å². The number of carbonyl (C=O) groups is 1. The maximum absolute atomic E-state index is 12.7. The van der Waals surface area contributed by atoms with Crippen LogP contribution in [0.5, 0.6) is 0 Å². The first-order chi connectivity index (χ1) is 6.65. The fraction of sp³-hybridized carbons (Fsp3) is 0.111. The summed E-state index contributed by atoms with van der Waals surface area (Å²) in [7, 11) is 1.22. The molecule has 0 saturated carbocycles. The van der Waals surface area contributed by atoms with E-state index in [2.05, 4.69) is 9.99 Å². The van der Waals surface area contributed by atoms with Gasteiger partial charge in [0.05, 0.1) is 0 Å². The third kappa shape index (κ3) is 2.29. The smallest absolute Gasteiger partial charge is 0.358 e. The van der Waals surface area contributed by atoms with Gasteiger partial charge in [-0.25, -0.2) is 9.18 Å². The lowest BCUT2D eigenvalue weighted by molar-refractivity contribution is -0.129. The normalized spacial score (nSPS) is 11.1. The van der Waals surface area contributed by atoms with Gasteiger partial charge in [0.2, 0.25) is 0 Å². The lowest BCUT2D eigenvalue weighted by Crippen LogP contribution is -2.14. The first kappa shape index (κ1) is 10.2. The van der Waals surface area contributed by atoms with E-state index in [1.54, 1.807) is 0 Å². The monoisotopic (exact) mass is 197 g/mol. The van der Waals surface area contributed by atoms with Crippen molar-refractivity contribution >= 4 is 11.7 Å². The highest BCUT2D eigenvalue weighted by Gasteiger charge is 2.13. The van der Waals surface area contributed by atoms with Crippen molar-refractivity contribution in [3.8, 4) is 0 Å². The number of carboxylic acid groups (broad SMARTS) is 1. The van der Waals surface area contributed by atoms with Gasteiger partial charge in [-0.2, -0.15) is 0 Å². The summed E-state index contributed by atoms with van der Waals surface area (Å²) in [6, 6.07) is 5.13. The molecule has 0 aliphatic carbocycles. The molecule has 0 spiro atoms. The highest BCUT2D eigenvalue weighted by Crippen LogP contribution is 2.05. The molecule has 0 amide bonds. The number of hydrogen-bond acceptors (Lipinski definition) is 3. The predicted octanol–water partition coefficient (Wildman–Crippen LogP) is 1.26. The zero-order valence-corrected chi connectivity index (χ0v) is 7.40. The van der Waals surface area contributed by atoms with E-state index in [1.165, 1.54) is 25.3 Å². The van der Waals surface area contributed by atoms with E-state index < -0.39 is 11.8 Å². The number of halogens is 1. The molecule has 0 aliphatic rings. The minimum atomic E-state index is -1.27. The van der Waals surface area contributed by atoms with E-state index in [4.69, 9.17) is 5.11 Å². The Morgan fingerprint density at radius 2 is 2.29 bits per heavy atom. The minimum absolute atomic E-state index is 0.166. The molecule has 0 saturated heterocycles. The zero-order valence-electron chi connectivity index (χ0n) is 7.40. The van der Waals surface area contributed by atoms with Gasteiger partial charge in [0.15, 0.2) is 5.71 Å². The van der Waals surface area contributed by atoms with Gasteiger partial charge in [-0.05, 0) is 12.1 Å². The van der Waals surface area contributed by atoms with Crippen LogP contribution >= 0.6 is 0 Å². The summed E-state index contributed by atoms with van der Waals surface area (Å²) in [6.07, 6.45) is 0. The molecule has 14 heavy (non-hydrogen) atoms. The second-order valence-electron chi connectivity index (χ2n) is 2.44. The summed E-state index contributed by atoms with van der Waals surface area (Å²) in [5.41, 5.74) is -0.161.